The molecule has 0 aromatic heterocycles. The molecule has 2 fully saturated rings. The van der Waals surface area contributed by atoms with Crippen molar-refractivity contribution in [1.82, 2.24) is 15.5 Å². The number of amides is 2. The molecule has 0 saturated heterocycles. The van der Waals surface area contributed by atoms with E-state index >= 15 is 0 Å². The van der Waals surface area contributed by atoms with Crippen LogP contribution in [0.3, 0.4) is 0 Å². The third-order valence-electron chi connectivity index (χ3n) is 4.56. The average molecular weight is 283 g/mol. The molecule has 0 bridgehead atoms. The highest BCUT2D eigenvalue weighted by Gasteiger charge is 2.40. The van der Waals surface area contributed by atoms with Crippen molar-refractivity contribution in [2.75, 3.05) is 13.6 Å². The van der Waals surface area contributed by atoms with Crippen molar-refractivity contribution < 1.29 is 14.7 Å². The van der Waals surface area contributed by atoms with Crippen LogP contribution < -0.4 is 10.6 Å². The molecular formula is C14H25N3O3. The van der Waals surface area contributed by atoms with Crippen molar-refractivity contribution >= 4 is 12.0 Å². The molecule has 1 unspecified atom stereocenters. The minimum atomic E-state index is -0.855. The first kappa shape index (κ1) is 15.1. The van der Waals surface area contributed by atoms with Crippen LogP contribution in [0.4, 0.5) is 4.79 Å². The lowest BCUT2D eigenvalue weighted by molar-refractivity contribution is -0.139. The number of carbonyl (C=O) groups is 2. The number of nitrogens with one attached hydrogen (secondary N) is 2. The maximum atomic E-state index is 11.9. The molecule has 1 atom stereocenters. The second-order valence-corrected chi connectivity index (χ2v) is 6.29. The minimum absolute atomic E-state index is 0.0119. The van der Waals surface area contributed by atoms with Crippen molar-refractivity contribution in [1.29, 1.82) is 0 Å². The summed E-state index contributed by atoms with van der Waals surface area (Å²) in [5.74, 6) is -0.855. The highest BCUT2D eigenvalue weighted by Crippen LogP contribution is 2.34. The SMILES string of the molecule is CC(CNC(=O)NC1(CC(=O)O)CCC1)N(C)C1CC1. The molecule has 6 nitrogen and oxygen atoms in total. The predicted molar refractivity (Wildman–Crippen MR) is 75.6 cm³/mol. The monoisotopic (exact) mass is 283 g/mol. The number of carboxylic acids is 1. The van der Waals surface area contributed by atoms with Crippen molar-refractivity contribution in [2.45, 2.75) is 63.1 Å². The number of hydrogen-bond donors (Lipinski definition) is 3. The molecule has 20 heavy (non-hydrogen) atoms. The summed E-state index contributed by atoms with van der Waals surface area (Å²) < 4.78 is 0. The number of aliphatic carboxylic acids is 1. The van der Waals surface area contributed by atoms with Gasteiger partial charge in [-0.05, 0) is 46.1 Å². The second-order valence-electron chi connectivity index (χ2n) is 6.29. The summed E-state index contributed by atoms with van der Waals surface area (Å²) in [5, 5.41) is 14.6. The minimum Gasteiger partial charge on any atom is -0.481 e. The van der Waals surface area contributed by atoms with Crippen molar-refractivity contribution in [2.24, 2.45) is 0 Å². The lowest BCUT2D eigenvalue weighted by Gasteiger charge is -2.41. The molecule has 0 aliphatic heterocycles. The predicted octanol–water partition coefficient (Wildman–Crippen LogP) is 1.17. The number of likely N-dealkylation sites (N-methyl/N-ethyl adjacent to an activating group) is 1. The number of urea groups is 1. The van der Waals surface area contributed by atoms with Crippen LogP contribution >= 0.6 is 0 Å². The standard InChI is InChI=1S/C14H25N3O3/c1-10(17(2)11-4-5-11)9-15-13(20)16-14(6-3-7-14)8-12(18)19/h10-11H,3-9H2,1-2H3,(H,18,19)(H2,15,16,20). The van der Waals surface area contributed by atoms with E-state index in [9.17, 15) is 9.59 Å². The quantitative estimate of drug-likeness (QED) is 0.655. The Kier molecular flexibility index (Phi) is 4.52. The zero-order valence-electron chi connectivity index (χ0n) is 12.3. The van der Waals surface area contributed by atoms with Gasteiger partial charge in [0.25, 0.3) is 0 Å². The normalized spacial score (nSPS) is 21.9. The van der Waals surface area contributed by atoms with E-state index in [-0.39, 0.29) is 12.5 Å². The maximum absolute atomic E-state index is 11.9. The Morgan fingerprint density at radius 1 is 1.40 bits per heavy atom. The van der Waals surface area contributed by atoms with E-state index in [2.05, 4.69) is 29.5 Å². The Morgan fingerprint density at radius 2 is 2.05 bits per heavy atom. The molecule has 6 heteroatoms. The number of hydrogen-bond acceptors (Lipinski definition) is 3. The van der Waals surface area contributed by atoms with Crippen molar-refractivity contribution in [3.8, 4) is 0 Å². The van der Waals surface area contributed by atoms with E-state index in [1.165, 1.54) is 12.8 Å². The highest BCUT2D eigenvalue weighted by atomic mass is 16.4. The molecule has 3 N–H and O–H groups in total. The van der Waals surface area contributed by atoms with E-state index in [0.717, 1.165) is 19.3 Å². The number of carbonyl (C=O) groups excluding carboxylic acids is 1. The summed E-state index contributed by atoms with van der Waals surface area (Å²) in [6, 6.07) is 0.715. The Hall–Kier alpha value is -1.30. The van der Waals surface area contributed by atoms with E-state index < -0.39 is 11.5 Å². The fourth-order valence-corrected chi connectivity index (χ4v) is 2.75. The van der Waals surface area contributed by atoms with Crippen molar-refractivity contribution in [3.05, 3.63) is 0 Å². The van der Waals surface area contributed by atoms with E-state index in [4.69, 9.17) is 5.11 Å². The van der Waals surface area contributed by atoms with Gasteiger partial charge >= 0.3 is 12.0 Å². The van der Waals surface area contributed by atoms with Crippen molar-refractivity contribution in [3.63, 3.8) is 0 Å². The van der Waals surface area contributed by atoms with Gasteiger partial charge in [-0.15, -0.1) is 0 Å². The van der Waals surface area contributed by atoms with Crippen LogP contribution in [0.2, 0.25) is 0 Å². The molecule has 0 radical (unpaired) electrons. The van der Waals surface area contributed by atoms with E-state index in [0.29, 0.717) is 18.6 Å². The first-order valence-electron chi connectivity index (χ1n) is 7.42. The Balaban J connectivity index is 1.72. The molecule has 0 heterocycles. The summed E-state index contributed by atoms with van der Waals surface area (Å²) in [5.41, 5.74) is -0.526. The molecule has 2 rings (SSSR count). The summed E-state index contributed by atoms with van der Waals surface area (Å²) >= 11 is 0. The third kappa shape index (κ3) is 3.85. The summed E-state index contributed by atoms with van der Waals surface area (Å²) in [6.45, 7) is 2.68. The molecule has 2 saturated carbocycles. The molecule has 0 aromatic carbocycles. The van der Waals surface area contributed by atoms with Gasteiger partial charge in [0.15, 0.2) is 0 Å². The zero-order chi connectivity index (χ0) is 14.8. The van der Waals surface area contributed by atoms with Crippen LogP contribution in [0.15, 0.2) is 0 Å². The molecular weight excluding hydrogens is 258 g/mol. The van der Waals surface area contributed by atoms with Gasteiger partial charge in [0.2, 0.25) is 0 Å². The van der Waals surface area contributed by atoms with Gasteiger partial charge in [0, 0.05) is 18.6 Å². The lowest BCUT2D eigenvalue weighted by Crippen LogP contribution is -2.58. The Morgan fingerprint density at radius 3 is 2.50 bits per heavy atom. The molecule has 2 aliphatic carbocycles. The fraction of sp³-hybridized carbons (Fsp3) is 0.857. The zero-order valence-corrected chi connectivity index (χ0v) is 12.3. The highest BCUT2D eigenvalue weighted by molar-refractivity contribution is 5.77. The third-order valence-corrected chi connectivity index (χ3v) is 4.56. The Labute approximate surface area is 119 Å². The topological polar surface area (TPSA) is 81.7 Å². The summed E-state index contributed by atoms with van der Waals surface area (Å²) in [6.07, 6.45) is 4.99. The summed E-state index contributed by atoms with van der Waals surface area (Å²) in [7, 11) is 2.08. The van der Waals surface area contributed by atoms with Crippen LogP contribution in [0.1, 0.15) is 45.4 Å². The van der Waals surface area contributed by atoms with Crippen LogP contribution in [0.25, 0.3) is 0 Å². The molecule has 2 amide bonds. The van der Waals surface area contributed by atoms with Gasteiger partial charge < -0.3 is 15.7 Å². The lowest BCUT2D eigenvalue weighted by atomic mass is 9.74. The average Bonchev–Trinajstić information content (AvgIpc) is 3.15. The number of carboxylic acid groups (broad SMARTS) is 1. The van der Waals surface area contributed by atoms with Crippen LogP contribution in [0.5, 0.6) is 0 Å². The van der Waals surface area contributed by atoms with E-state index in [1.807, 2.05) is 0 Å². The van der Waals surface area contributed by atoms with Gasteiger partial charge in [0.1, 0.15) is 0 Å². The van der Waals surface area contributed by atoms with Gasteiger partial charge in [-0.3, -0.25) is 9.69 Å². The molecule has 114 valence electrons. The Bertz CT molecular complexity index is 378. The largest absolute Gasteiger partial charge is 0.481 e. The van der Waals surface area contributed by atoms with E-state index in [1.54, 1.807) is 0 Å². The fourth-order valence-electron chi connectivity index (χ4n) is 2.75. The smallest absolute Gasteiger partial charge is 0.315 e. The first-order chi connectivity index (χ1) is 9.42. The first-order valence-corrected chi connectivity index (χ1v) is 7.42. The van der Waals surface area contributed by atoms with Crippen LogP contribution in [-0.4, -0.2) is 53.2 Å². The number of nitrogens with zero attached hydrogens (tertiary/aromatic N) is 1. The van der Waals surface area contributed by atoms with Crippen LogP contribution in [-0.2, 0) is 4.79 Å². The molecule has 0 aromatic rings. The van der Waals surface area contributed by atoms with Crippen LogP contribution in [0, 0.1) is 0 Å². The van der Waals surface area contributed by atoms with Gasteiger partial charge in [0.05, 0.1) is 12.0 Å². The summed E-state index contributed by atoms with van der Waals surface area (Å²) in [4.78, 5) is 25.0. The van der Waals surface area contributed by atoms with Gasteiger partial charge in [-0.1, -0.05) is 0 Å². The van der Waals surface area contributed by atoms with Gasteiger partial charge in [-0.25, -0.2) is 4.79 Å². The molecule has 0 spiro atoms. The second kappa shape index (κ2) is 5.99. The maximum Gasteiger partial charge on any atom is 0.315 e. The number of rotatable bonds is 7. The molecule has 2 aliphatic rings. The van der Waals surface area contributed by atoms with Gasteiger partial charge in [-0.2, -0.15) is 0 Å².